The van der Waals surface area contributed by atoms with Gasteiger partial charge in [-0.25, -0.2) is 0 Å². The van der Waals surface area contributed by atoms with E-state index in [9.17, 15) is 9.59 Å². The van der Waals surface area contributed by atoms with Crippen molar-refractivity contribution in [1.82, 2.24) is 15.4 Å². The SMILES string of the molecule is CCCc1cc(C(=O)N2CCC3(CC2)C[C@@H]3C(=O)NCc2cccs2)no1. The number of nitrogens with one attached hydrogen (secondary N) is 1. The summed E-state index contributed by atoms with van der Waals surface area (Å²) in [7, 11) is 0. The fraction of sp³-hybridized carbons (Fsp3) is 0.550. The molecule has 0 bridgehead atoms. The van der Waals surface area contributed by atoms with Gasteiger partial charge in [0.25, 0.3) is 5.91 Å². The number of aromatic nitrogens is 1. The van der Waals surface area contributed by atoms with Gasteiger partial charge in [0.05, 0.1) is 6.54 Å². The number of piperidine rings is 1. The summed E-state index contributed by atoms with van der Waals surface area (Å²) in [6.45, 7) is 4.05. The number of carbonyl (C=O) groups is 2. The number of nitrogens with zero attached hydrogens (tertiary/aromatic N) is 2. The van der Waals surface area contributed by atoms with E-state index in [0.717, 1.165) is 37.9 Å². The first-order valence-electron chi connectivity index (χ1n) is 9.66. The first-order valence-corrected chi connectivity index (χ1v) is 10.5. The molecule has 2 aliphatic rings. The van der Waals surface area contributed by atoms with Crippen LogP contribution in [0.15, 0.2) is 28.1 Å². The maximum Gasteiger partial charge on any atom is 0.276 e. The lowest BCUT2D eigenvalue weighted by Crippen LogP contribution is -2.40. The topological polar surface area (TPSA) is 75.4 Å². The van der Waals surface area contributed by atoms with E-state index in [-0.39, 0.29) is 23.1 Å². The van der Waals surface area contributed by atoms with E-state index >= 15 is 0 Å². The van der Waals surface area contributed by atoms with Crippen LogP contribution in [0.1, 0.15) is 53.7 Å². The van der Waals surface area contributed by atoms with Crippen LogP contribution >= 0.6 is 11.3 Å². The van der Waals surface area contributed by atoms with Gasteiger partial charge in [-0.3, -0.25) is 9.59 Å². The first kappa shape index (κ1) is 18.2. The molecule has 1 spiro atoms. The van der Waals surface area contributed by atoms with E-state index in [2.05, 4.69) is 17.4 Å². The Morgan fingerprint density at radius 1 is 1.41 bits per heavy atom. The fourth-order valence-corrected chi connectivity index (χ4v) is 4.72. The minimum absolute atomic E-state index is 0.0599. The third kappa shape index (κ3) is 3.78. The van der Waals surface area contributed by atoms with E-state index in [0.29, 0.717) is 25.3 Å². The normalized spacial score (nSPS) is 20.6. The highest BCUT2D eigenvalue weighted by Crippen LogP contribution is 2.59. The summed E-state index contributed by atoms with van der Waals surface area (Å²) in [6, 6.07) is 5.79. The number of likely N-dealkylation sites (tertiary alicyclic amines) is 1. The second-order valence-corrected chi connectivity index (χ2v) is 8.67. The number of amides is 2. The average Bonchev–Trinajstić information content (AvgIpc) is 3.07. The second-order valence-electron chi connectivity index (χ2n) is 7.64. The van der Waals surface area contributed by atoms with Crippen molar-refractivity contribution < 1.29 is 14.1 Å². The highest BCUT2D eigenvalue weighted by Gasteiger charge is 2.58. The third-order valence-corrected chi connectivity index (χ3v) is 6.72. The molecule has 1 saturated heterocycles. The number of carbonyl (C=O) groups excluding carboxylic acids is 2. The van der Waals surface area contributed by atoms with Crippen molar-refractivity contribution in [2.75, 3.05) is 13.1 Å². The molecule has 1 atom stereocenters. The molecule has 3 heterocycles. The number of hydrogen-bond acceptors (Lipinski definition) is 5. The van der Waals surface area contributed by atoms with Crippen molar-refractivity contribution in [1.29, 1.82) is 0 Å². The molecule has 6 nitrogen and oxygen atoms in total. The molecule has 1 saturated carbocycles. The average molecular weight is 388 g/mol. The van der Waals surface area contributed by atoms with Gasteiger partial charge in [0, 0.05) is 36.4 Å². The molecule has 7 heteroatoms. The van der Waals surface area contributed by atoms with Gasteiger partial charge >= 0.3 is 0 Å². The van der Waals surface area contributed by atoms with Crippen LogP contribution in [0.25, 0.3) is 0 Å². The van der Waals surface area contributed by atoms with Crippen LogP contribution in [0.2, 0.25) is 0 Å². The summed E-state index contributed by atoms with van der Waals surface area (Å²) in [6.07, 6.45) is 4.47. The minimum atomic E-state index is -0.0599. The van der Waals surface area contributed by atoms with Gasteiger partial charge in [0.15, 0.2) is 5.69 Å². The molecule has 0 aromatic carbocycles. The summed E-state index contributed by atoms with van der Waals surface area (Å²) >= 11 is 1.66. The smallest absolute Gasteiger partial charge is 0.276 e. The molecule has 2 aromatic heterocycles. The highest BCUT2D eigenvalue weighted by molar-refractivity contribution is 7.09. The first-order chi connectivity index (χ1) is 13.1. The van der Waals surface area contributed by atoms with Crippen molar-refractivity contribution in [3.05, 3.63) is 39.9 Å². The summed E-state index contributed by atoms with van der Waals surface area (Å²) in [5.74, 6) is 0.955. The third-order valence-electron chi connectivity index (χ3n) is 5.84. The van der Waals surface area contributed by atoms with Gasteiger partial charge in [0.2, 0.25) is 5.91 Å². The summed E-state index contributed by atoms with van der Waals surface area (Å²) < 4.78 is 5.23. The summed E-state index contributed by atoms with van der Waals surface area (Å²) in [4.78, 5) is 28.1. The molecule has 0 unspecified atom stereocenters. The van der Waals surface area contributed by atoms with E-state index < -0.39 is 0 Å². The van der Waals surface area contributed by atoms with Crippen LogP contribution < -0.4 is 5.32 Å². The lowest BCUT2D eigenvalue weighted by atomic mass is 9.90. The van der Waals surface area contributed by atoms with E-state index in [1.165, 1.54) is 4.88 Å². The zero-order valence-corrected chi connectivity index (χ0v) is 16.4. The van der Waals surface area contributed by atoms with Crippen LogP contribution in [0.5, 0.6) is 0 Å². The van der Waals surface area contributed by atoms with Crippen LogP contribution in [0, 0.1) is 11.3 Å². The number of aryl methyl sites for hydroxylation is 1. The Labute approximate surface area is 162 Å². The largest absolute Gasteiger partial charge is 0.361 e. The molecule has 144 valence electrons. The number of hydrogen-bond donors (Lipinski definition) is 1. The molecule has 2 fully saturated rings. The summed E-state index contributed by atoms with van der Waals surface area (Å²) in [5, 5.41) is 9.01. The van der Waals surface area contributed by atoms with E-state index in [1.54, 1.807) is 17.4 Å². The molecule has 2 aromatic rings. The molecule has 4 rings (SSSR count). The highest BCUT2D eigenvalue weighted by atomic mass is 32.1. The lowest BCUT2D eigenvalue weighted by Gasteiger charge is -2.32. The van der Waals surface area contributed by atoms with Gasteiger partial charge in [0.1, 0.15) is 5.76 Å². The van der Waals surface area contributed by atoms with Crippen molar-refractivity contribution in [3.63, 3.8) is 0 Å². The Morgan fingerprint density at radius 3 is 2.93 bits per heavy atom. The van der Waals surface area contributed by atoms with E-state index in [1.807, 2.05) is 22.4 Å². The second kappa shape index (κ2) is 7.46. The predicted molar refractivity (Wildman–Crippen MR) is 102 cm³/mol. The van der Waals surface area contributed by atoms with Gasteiger partial charge in [-0.1, -0.05) is 18.1 Å². The maximum absolute atomic E-state index is 12.6. The Morgan fingerprint density at radius 2 is 2.22 bits per heavy atom. The van der Waals surface area contributed by atoms with Crippen molar-refractivity contribution in [3.8, 4) is 0 Å². The number of thiophene rings is 1. The summed E-state index contributed by atoms with van der Waals surface area (Å²) in [5.41, 5.74) is 0.489. The maximum atomic E-state index is 12.6. The Balaban J connectivity index is 1.27. The standard InChI is InChI=1S/C20H25N3O3S/c1-2-4-14-11-17(22-26-14)19(25)23-8-6-20(7-9-23)12-16(20)18(24)21-13-15-5-3-10-27-15/h3,5,10-11,16H,2,4,6-9,12-13H2,1H3,(H,21,24)/t16-/m1/s1. The van der Waals surface area contributed by atoms with Gasteiger partial charge in [-0.05, 0) is 42.5 Å². The Bertz CT molecular complexity index is 806. The Hall–Kier alpha value is -2.15. The molecular formula is C20H25N3O3S. The fourth-order valence-electron chi connectivity index (χ4n) is 4.08. The lowest BCUT2D eigenvalue weighted by molar-refractivity contribution is -0.123. The van der Waals surface area contributed by atoms with Crippen molar-refractivity contribution in [2.45, 2.75) is 45.6 Å². The molecule has 2 amide bonds. The molecule has 1 aliphatic heterocycles. The van der Waals surface area contributed by atoms with Crippen LogP contribution in [0.4, 0.5) is 0 Å². The minimum Gasteiger partial charge on any atom is -0.361 e. The molecule has 1 N–H and O–H groups in total. The van der Waals surface area contributed by atoms with Gasteiger partial charge in [-0.15, -0.1) is 11.3 Å². The predicted octanol–water partition coefficient (Wildman–Crippen LogP) is 3.25. The number of rotatable bonds is 6. The van der Waals surface area contributed by atoms with Gasteiger partial charge in [-0.2, -0.15) is 0 Å². The van der Waals surface area contributed by atoms with Crippen LogP contribution in [0.3, 0.4) is 0 Å². The molecule has 27 heavy (non-hydrogen) atoms. The quantitative estimate of drug-likeness (QED) is 0.826. The Kier molecular flexibility index (Phi) is 5.04. The van der Waals surface area contributed by atoms with Crippen LogP contribution in [-0.4, -0.2) is 35.0 Å². The monoisotopic (exact) mass is 387 g/mol. The zero-order valence-electron chi connectivity index (χ0n) is 15.6. The van der Waals surface area contributed by atoms with Crippen LogP contribution in [-0.2, 0) is 17.8 Å². The van der Waals surface area contributed by atoms with Gasteiger partial charge < -0.3 is 14.7 Å². The molecular weight excluding hydrogens is 362 g/mol. The molecule has 1 aliphatic carbocycles. The zero-order chi connectivity index (χ0) is 18.9. The molecule has 0 radical (unpaired) electrons. The van der Waals surface area contributed by atoms with Crippen molar-refractivity contribution >= 4 is 23.2 Å². The van der Waals surface area contributed by atoms with Crippen molar-refractivity contribution in [2.24, 2.45) is 11.3 Å². The van der Waals surface area contributed by atoms with E-state index in [4.69, 9.17) is 4.52 Å².